The number of rotatable bonds is 6. The smallest absolute Gasteiger partial charge is 0.437 e. The Labute approximate surface area is 215 Å². The van der Waals surface area contributed by atoms with Crippen LogP contribution >= 0.6 is 11.6 Å². The highest BCUT2D eigenvalue weighted by atomic mass is 35.5. The maximum atomic E-state index is 12.7. The molecule has 0 aliphatic rings. The van der Waals surface area contributed by atoms with Gasteiger partial charge in [0.25, 0.3) is 0 Å². The first-order chi connectivity index (χ1) is 16.8. The van der Waals surface area contributed by atoms with E-state index in [0.717, 1.165) is 28.9 Å². The number of alkyl halides is 3. The predicted octanol–water partition coefficient (Wildman–Crippen LogP) is 3.00. The lowest BCUT2D eigenvalue weighted by atomic mass is 10.1. The fraction of sp³-hybridized carbons (Fsp3) is 0.318. The number of esters is 1. The van der Waals surface area contributed by atoms with Crippen molar-refractivity contribution in [2.75, 3.05) is 33.9 Å². The highest BCUT2D eigenvalue weighted by molar-refractivity contribution is 7.84. The number of hydrogen-bond donors (Lipinski definition) is 0. The molecule has 3 aromatic rings. The second-order valence-electron chi connectivity index (χ2n) is 8.78. The zero-order valence-electron chi connectivity index (χ0n) is 20.1. The van der Waals surface area contributed by atoms with E-state index in [9.17, 15) is 22.8 Å². The monoisotopic (exact) mass is 565 g/mol. The molecule has 0 saturated heterocycles. The summed E-state index contributed by atoms with van der Waals surface area (Å²) in [4.78, 5) is 24.5. The molecule has 2 aromatic carbocycles. The van der Waals surface area contributed by atoms with E-state index in [2.05, 4.69) is 5.10 Å². The van der Waals surface area contributed by atoms with Gasteiger partial charge in [-0.25, -0.2) is 18.0 Å². The lowest BCUT2D eigenvalue weighted by Crippen LogP contribution is -2.41. The van der Waals surface area contributed by atoms with E-state index in [4.69, 9.17) is 33.7 Å². The Bertz CT molecular complexity index is 1400. The lowest BCUT2D eigenvalue weighted by molar-refractivity contribution is -0.862. The van der Waals surface area contributed by atoms with Crippen LogP contribution < -0.4 is 10.5 Å². The minimum atomic E-state index is -4.48. The van der Waals surface area contributed by atoms with E-state index in [1.165, 1.54) is 12.1 Å². The Hall–Kier alpha value is -3.20. The molecule has 0 unspecified atom stereocenters. The molecule has 10 nitrogen and oxygen atoms in total. The molecule has 0 aliphatic carbocycles. The van der Waals surface area contributed by atoms with Crippen LogP contribution in [0.3, 0.4) is 0 Å². The molecule has 0 saturated carbocycles. The van der Waals surface area contributed by atoms with Gasteiger partial charge in [0.15, 0.2) is 6.54 Å². The number of nitrogens with zero attached hydrogens (tertiary/aromatic N) is 3. The van der Waals surface area contributed by atoms with Crippen LogP contribution in [0.4, 0.5) is 13.2 Å². The first kappa shape index (κ1) is 30.0. The summed E-state index contributed by atoms with van der Waals surface area (Å²) in [7, 11) is 1.59. The largest absolute Gasteiger partial charge is 0.748 e. The highest BCUT2D eigenvalue weighted by Crippen LogP contribution is 2.30. The third-order valence-corrected chi connectivity index (χ3v) is 4.47. The second kappa shape index (κ2) is 11.5. The van der Waals surface area contributed by atoms with Gasteiger partial charge in [-0.15, -0.1) is 5.10 Å². The van der Waals surface area contributed by atoms with Crippen molar-refractivity contribution in [1.29, 1.82) is 0 Å². The molecule has 0 bridgehead atoms. The molecule has 1 heterocycles. The maximum absolute atomic E-state index is 12.7. The molecule has 15 heteroatoms. The van der Waals surface area contributed by atoms with Gasteiger partial charge in [-0.05, 0) is 42.5 Å². The van der Waals surface area contributed by atoms with Crippen LogP contribution in [0.2, 0.25) is 5.02 Å². The average Bonchev–Trinajstić information content (AvgIpc) is 3.07. The van der Waals surface area contributed by atoms with Gasteiger partial charge in [-0.1, -0.05) is 11.6 Å². The molecule has 0 aliphatic heterocycles. The first-order valence-corrected chi connectivity index (χ1v) is 12.5. The Balaban J connectivity index is 0.000000877. The van der Waals surface area contributed by atoms with Gasteiger partial charge in [-0.2, -0.15) is 17.9 Å². The van der Waals surface area contributed by atoms with Gasteiger partial charge in [0.2, 0.25) is 5.89 Å². The van der Waals surface area contributed by atoms with Gasteiger partial charge < -0.3 is 18.2 Å². The molecular weight excluding hydrogens is 543 g/mol. The molecule has 0 amide bonds. The van der Waals surface area contributed by atoms with Crippen molar-refractivity contribution in [3.05, 3.63) is 69.2 Å². The third-order valence-electron chi connectivity index (χ3n) is 4.24. The fourth-order valence-electron chi connectivity index (χ4n) is 2.80. The number of likely N-dealkylation sites (N-methyl/N-ethyl adjacent to an activating group) is 1. The van der Waals surface area contributed by atoms with Crippen LogP contribution in [0, 0.1) is 0 Å². The molecule has 0 fully saturated rings. The Kier molecular flexibility index (Phi) is 9.30. The van der Waals surface area contributed by atoms with E-state index in [1.54, 1.807) is 6.07 Å². The van der Waals surface area contributed by atoms with Crippen LogP contribution in [0.15, 0.2) is 51.7 Å². The molecule has 1 aromatic heterocycles. The quantitative estimate of drug-likeness (QED) is 0.193. The molecule has 0 N–H and O–H groups in total. The van der Waals surface area contributed by atoms with Gasteiger partial charge in [-0.3, -0.25) is 0 Å². The summed E-state index contributed by atoms with van der Waals surface area (Å²) in [5.41, 5.74) is -0.224. The molecule has 37 heavy (non-hydrogen) atoms. The number of ether oxygens (including phenoxy) is 1. The van der Waals surface area contributed by atoms with Gasteiger partial charge in [0.1, 0.15) is 5.75 Å². The predicted molar refractivity (Wildman–Crippen MR) is 126 cm³/mol. The topological polar surface area (TPSA) is 132 Å². The number of hydrogen-bond acceptors (Lipinski definition) is 8. The van der Waals surface area contributed by atoms with Crippen molar-refractivity contribution in [3.8, 4) is 17.2 Å². The summed E-state index contributed by atoms with van der Waals surface area (Å²) in [5.74, 6) is -1.24. The van der Waals surface area contributed by atoms with Crippen molar-refractivity contribution in [3.63, 3.8) is 0 Å². The summed E-state index contributed by atoms with van der Waals surface area (Å²) in [5, 5.41) is 4.40. The molecule has 202 valence electrons. The SMILES string of the molecule is CS(=O)(=O)[O-].C[N+](C)(C)CC(=O)Oc1ccc(Cl)cc1Cn1nc(-c2ccc(C(F)(F)F)cc2)oc1=O. The minimum absolute atomic E-state index is 0.115. The van der Waals surface area contributed by atoms with E-state index >= 15 is 0 Å². The van der Waals surface area contributed by atoms with Gasteiger partial charge >= 0.3 is 17.9 Å². The zero-order chi connectivity index (χ0) is 28.2. The van der Waals surface area contributed by atoms with Crippen molar-refractivity contribution in [2.45, 2.75) is 12.7 Å². The lowest BCUT2D eigenvalue weighted by Gasteiger charge is -2.22. The number of halogens is 4. The molecule has 0 atom stereocenters. The number of quaternary nitrogens is 1. The van der Waals surface area contributed by atoms with Gasteiger partial charge in [0, 0.05) is 22.4 Å². The molecule has 0 spiro atoms. The Morgan fingerprint density at radius 1 is 1.16 bits per heavy atom. The number of aromatic nitrogens is 2. The van der Waals surface area contributed by atoms with Gasteiger partial charge in [0.05, 0.1) is 43.4 Å². The van der Waals surface area contributed by atoms with Crippen molar-refractivity contribution in [2.24, 2.45) is 0 Å². The Morgan fingerprint density at radius 2 is 1.73 bits per heavy atom. The summed E-state index contributed by atoms with van der Waals surface area (Å²) >= 11 is 6.05. The van der Waals surface area contributed by atoms with E-state index in [-0.39, 0.29) is 30.3 Å². The standard InChI is InChI=1S/C21H20ClF3N3O4.CH4O3S/c1-28(2,3)12-18(29)31-17-9-8-16(22)10-14(17)11-27-20(30)32-19(26-27)13-4-6-15(7-5-13)21(23,24)25;1-5(2,3)4/h4-10H,11-12H2,1-3H3;1H3,(H,2,3,4)/q+1;/p-1. The minimum Gasteiger partial charge on any atom is -0.748 e. The number of carbonyl (C=O) groups is 1. The zero-order valence-corrected chi connectivity index (χ0v) is 21.6. The molecular formula is C22H23ClF3N3O7S. The summed E-state index contributed by atoms with van der Waals surface area (Å²) in [6.45, 7) is -0.0133. The number of carbonyl (C=O) groups excluding carboxylic acids is 1. The average molecular weight is 566 g/mol. The Morgan fingerprint density at radius 3 is 2.24 bits per heavy atom. The summed E-state index contributed by atoms with van der Waals surface area (Å²) in [6, 6.07) is 8.64. The van der Waals surface area contributed by atoms with Crippen molar-refractivity contribution >= 4 is 27.7 Å². The maximum Gasteiger partial charge on any atom is 0.437 e. The molecule has 0 radical (unpaired) electrons. The van der Waals surface area contributed by atoms with Crippen LogP contribution in [-0.4, -0.2) is 67.1 Å². The summed E-state index contributed by atoms with van der Waals surface area (Å²) < 4.78 is 77.3. The highest BCUT2D eigenvalue weighted by Gasteiger charge is 2.30. The summed E-state index contributed by atoms with van der Waals surface area (Å²) in [6.07, 6.45) is -3.88. The van der Waals surface area contributed by atoms with Crippen LogP contribution in [0.1, 0.15) is 11.1 Å². The fourth-order valence-corrected chi connectivity index (χ4v) is 2.99. The van der Waals surface area contributed by atoms with Crippen molar-refractivity contribution in [1.82, 2.24) is 9.78 Å². The van der Waals surface area contributed by atoms with E-state index < -0.39 is 33.6 Å². The van der Waals surface area contributed by atoms with Crippen LogP contribution in [-0.2, 0) is 27.6 Å². The molecule has 3 rings (SSSR count). The number of benzene rings is 2. The van der Waals surface area contributed by atoms with Crippen molar-refractivity contribution < 1.29 is 44.6 Å². The normalized spacial score (nSPS) is 12.0. The van der Waals surface area contributed by atoms with Crippen LogP contribution in [0.25, 0.3) is 11.5 Å². The van der Waals surface area contributed by atoms with Crippen LogP contribution in [0.5, 0.6) is 5.75 Å². The second-order valence-corrected chi connectivity index (χ2v) is 10.6. The first-order valence-electron chi connectivity index (χ1n) is 10.3. The third kappa shape index (κ3) is 10.4. The van der Waals surface area contributed by atoms with E-state index in [0.29, 0.717) is 21.3 Å². The van der Waals surface area contributed by atoms with E-state index in [1.807, 2.05) is 21.1 Å².